The van der Waals surface area contributed by atoms with Gasteiger partial charge in [-0.2, -0.15) is 0 Å². The third-order valence-electron chi connectivity index (χ3n) is 2.97. The van der Waals surface area contributed by atoms with Gasteiger partial charge in [0.15, 0.2) is 0 Å². The highest BCUT2D eigenvalue weighted by molar-refractivity contribution is 5.27. The van der Waals surface area contributed by atoms with Gasteiger partial charge >= 0.3 is 0 Å². The van der Waals surface area contributed by atoms with Crippen molar-refractivity contribution < 1.29 is 4.74 Å². The molecule has 3 nitrogen and oxygen atoms in total. The molecule has 0 radical (unpaired) electrons. The number of ether oxygens (including phenoxy) is 1. The number of benzene rings is 1. The van der Waals surface area contributed by atoms with Gasteiger partial charge in [-0.05, 0) is 49.7 Å². The van der Waals surface area contributed by atoms with Crippen LogP contribution in [0.25, 0.3) is 0 Å². The Morgan fingerprint density at radius 1 is 1.10 bits per heavy atom. The first-order chi connectivity index (χ1) is 9.78. The van der Waals surface area contributed by atoms with Gasteiger partial charge in [0.05, 0.1) is 11.4 Å². The van der Waals surface area contributed by atoms with E-state index in [-0.39, 0.29) is 0 Å². The van der Waals surface area contributed by atoms with Crippen molar-refractivity contribution in [2.75, 3.05) is 6.54 Å². The molecular weight excluding hydrogens is 248 g/mol. The summed E-state index contributed by atoms with van der Waals surface area (Å²) in [6, 6.07) is 14.1. The number of aryl methyl sites for hydroxylation is 1. The fourth-order valence-corrected chi connectivity index (χ4v) is 1.96. The first-order valence-electron chi connectivity index (χ1n) is 7.13. The second kappa shape index (κ2) is 7.65. The standard InChI is InChI=1S/C17H22N2O/c1-3-10-18-12-15-7-5-8-16(19-15)13-20-17-9-4-6-14(2)11-17/h4-9,11,18H,3,10,12-13H2,1-2H3. The Kier molecular flexibility index (Phi) is 5.56. The summed E-state index contributed by atoms with van der Waals surface area (Å²) in [6.45, 7) is 6.56. The van der Waals surface area contributed by atoms with Crippen LogP contribution in [0.1, 0.15) is 30.3 Å². The third-order valence-corrected chi connectivity index (χ3v) is 2.97. The van der Waals surface area contributed by atoms with E-state index in [9.17, 15) is 0 Å². The van der Waals surface area contributed by atoms with Crippen LogP contribution in [0.5, 0.6) is 5.75 Å². The molecular formula is C17H22N2O. The monoisotopic (exact) mass is 270 g/mol. The van der Waals surface area contributed by atoms with Crippen LogP contribution >= 0.6 is 0 Å². The lowest BCUT2D eigenvalue weighted by Crippen LogP contribution is -2.15. The minimum atomic E-state index is 0.505. The van der Waals surface area contributed by atoms with E-state index in [1.807, 2.05) is 36.4 Å². The molecule has 20 heavy (non-hydrogen) atoms. The second-order valence-corrected chi connectivity index (χ2v) is 4.90. The highest BCUT2D eigenvalue weighted by Crippen LogP contribution is 2.14. The van der Waals surface area contributed by atoms with E-state index in [0.717, 1.165) is 36.6 Å². The molecule has 0 bridgehead atoms. The Labute approximate surface area is 121 Å². The summed E-state index contributed by atoms with van der Waals surface area (Å²) in [5.74, 6) is 0.890. The Hall–Kier alpha value is -1.87. The summed E-state index contributed by atoms with van der Waals surface area (Å²) >= 11 is 0. The van der Waals surface area contributed by atoms with Crippen molar-refractivity contribution >= 4 is 0 Å². The highest BCUT2D eigenvalue weighted by Gasteiger charge is 2.00. The second-order valence-electron chi connectivity index (χ2n) is 4.90. The predicted octanol–water partition coefficient (Wildman–Crippen LogP) is 3.47. The summed E-state index contributed by atoms with van der Waals surface area (Å²) in [6.07, 6.45) is 1.14. The first-order valence-corrected chi connectivity index (χ1v) is 7.13. The molecule has 1 aromatic heterocycles. The van der Waals surface area contributed by atoms with Crippen LogP contribution in [0.4, 0.5) is 0 Å². The lowest BCUT2D eigenvalue weighted by atomic mass is 10.2. The van der Waals surface area contributed by atoms with E-state index >= 15 is 0 Å². The number of pyridine rings is 1. The van der Waals surface area contributed by atoms with Crippen molar-refractivity contribution in [3.8, 4) is 5.75 Å². The molecule has 1 N–H and O–H groups in total. The summed E-state index contributed by atoms with van der Waals surface area (Å²) in [7, 11) is 0. The van der Waals surface area contributed by atoms with Gasteiger partial charge in [0.25, 0.3) is 0 Å². The molecule has 0 atom stereocenters. The molecule has 0 fully saturated rings. The van der Waals surface area contributed by atoms with Crippen LogP contribution in [0, 0.1) is 6.92 Å². The molecule has 1 heterocycles. The smallest absolute Gasteiger partial charge is 0.130 e. The van der Waals surface area contributed by atoms with Crippen LogP contribution in [0.2, 0.25) is 0 Å². The first kappa shape index (κ1) is 14.5. The molecule has 0 aliphatic rings. The van der Waals surface area contributed by atoms with Crippen LogP contribution in [0.3, 0.4) is 0 Å². The molecule has 0 aliphatic heterocycles. The summed E-state index contributed by atoms with van der Waals surface area (Å²) in [4.78, 5) is 4.59. The topological polar surface area (TPSA) is 34.1 Å². The Bertz CT molecular complexity index is 540. The van der Waals surface area contributed by atoms with E-state index in [1.54, 1.807) is 0 Å². The fraction of sp³-hybridized carbons (Fsp3) is 0.353. The molecule has 0 amide bonds. The molecule has 3 heteroatoms. The van der Waals surface area contributed by atoms with Crippen molar-refractivity contribution in [1.29, 1.82) is 0 Å². The number of nitrogens with zero attached hydrogens (tertiary/aromatic N) is 1. The Morgan fingerprint density at radius 2 is 1.90 bits per heavy atom. The molecule has 106 valence electrons. The zero-order chi connectivity index (χ0) is 14.2. The van der Waals surface area contributed by atoms with Crippen molar-refractivity contribution in [3.63, 3.8) is 0 Å². The Morgan fingerprint density at radius 3 is 2.70 bits per heavy atom. The summed E-state index contributed by atoms with van der Waals surface area (Å²) < 4.78 is 5.77. The van der Waals surface area contributed by atoms with Crippen molar-refractivity contribution in [2.24, 2.45) is 0 Å². The lowest BCUT2D eigenvalue weighted by molar-refractivity contribution is 0.300. The molecule has 0 saturated carbocycles. The lowest BCUT2D eigenvalue weighted by Gasteiger charge is -2.08. The van der Waals surface area contributed by atoms with Gasteiger partial charge in [-0.1, -0.05) is 25.1 Å². The average molecular weight is 270 g/mol. The predicted molar refractivity (Wildman–Crippen MR) is 81.7 cm³/mol. The van der Waals surface area contributed by atoms with Gasteiger partial charge in [0.1, 0.15) is 12.4 Å². The molecule has 1 aromatic carbocycles. The average Bonchev–Trinajstić information content (AvgIpc) is 2.46. The maximum Gasteiger partial charge on any atom is 0.130 e. The summed E-state index contributed by atoms with van der Waals surface area (Å²) in [5, 5.41) is 3.36. The zero-order valence-corrected chi connectivity index (χ0v) is 12.2. The Balaban J connectivity index is 1.91. The van der Waals surface area contributed by atoms with Gasteiger partial charge < -0.3 is 10.1 Å². The van der Waals surface area contributed by atoms with Gasteiger partial charge in [-0.15, -0.1) is 0 Å². The van der Waals surface area contributed by atoms with E-state index in [1.165, 1.54) is 5.56 Å². The van der Waals surface area contributed by atoms with E-state index in [0.29, 0.717) is 6.61 Å². The maximum absolute atomic E-state index is 5.77. The quantitative estimate of drug-likeness (QED) is 0.782. The number of nitrogens with one attached hydrogen (secondary N) is 1. The number of aromatic nitrogens is 1. The third kappa shape index (κ3) is 4.67. The van der Waals surface area contributed by atoms with Crippen molar-refractivity contribution in [1.82, 2.24) is 10.3 Å². The van der Waals surface area contributed by atoms with E-state index in [2.05, 4.69) is 30.2 Å². The van der Waals surface area contributed by atoms with Crippen LogP contribution in [-0.4, -0.2) is 11.5 Å². The molecule has 2 aromatic rings. The normalized spacial score (nSPS) is 10.5. The molecule has 0 spiro atoms. The van der Waals surface area contributed by atoms with Crippen LogP contribution < -0.4 is 10.1 Å². The minimum absolute atomic E-state index is 0.505. The highest BCUT2D eigenvalue weighted by atomic mass is 16.5. The van der Waals surface area contributed by atoms with Crippen LogP contribution in [-0.2, 0) is 13.2 Å². The SMILES string of the molecule is CCCNCc1cccc(COc2cccc(C)c2)n1. The minimum Gasteiger partial charge on any atom is -0.487 e. The zero-order valence-electron chi connectivity index (χ0n) is 12.2. The molecule has 0 aliphatic carbocycles. The largest absolute Gasteiger partial charge is 0.487 e. The number of hydrogen-bond donors (Lipinski definition) is 1. The van der Waals surface area contributed by atoms with Gasteiger partial charge in [-0.25, -0.2) is 0 Å². The van der Waals surface area contributed by atoms with Gasteiger partial charge in [0.2, 0.25) is 0 Å². The maximum atomic E-state index is 5.77. The summed E-state index contributed by atoms with van der Waals surface area (Å²) in [5.41, 5.74) is 3.22. The van der Waals surface area contributed by atoms with Gasteiger partial charge in [0, 0.05) is 6.54 Å². The molecule has 0 saturated heterocycles. The van der Waals surface area contributed by atoms with Gasteiger partial charge in [-0.3, -0.25) is 4.98 Å². The van der Waals surface area contributed by atoms with Crippen LogP contribution in [0.15, 0.2) is 42.5 Å². The molecule has 0 unspecified atom stereocenters. The van der Waals surface area contributed by atoms with E-state index < -0.39 is 0 Å². The van der Waals surface area contributed by atoms with Crippen molar-refractivity contribution in [2.45, 2.75) is 33.4 Å². The molecule has 2 rings (SSSR count). The number of rotatable bonds is 7. The number of hydrogen-bond acceptors (Lipinski definition) is 3. The fourth-order valence-electron chi connectivity index (χ4n) is 1.96. The van der Waals surface area contributed by atoms with E-state index in [4.69, 9.17) is 4.74 Å². The van der Waals surface area contributed by atoms with Crippen molar-refractivity contribution in [3.05, 3.63) is 59.4 Å².